The van der Waals surface area contributed by atoms with Crippen LogP contribution in [0.4, 0.5) is 0 Å². The summed E-state index contributed by atoms with van der Waals surface area (Å²) in [5, 5.41) is 7.56. The van der Waals surface area contributed by atoms with Gasteiger partial charge < -0.3 is 0 Å². The minimum Gasteiger partial charge on any atom is -0.0811 e. The van der Waals surface area contributed by atoms with Crippen molar-refractivity contribution in [1.82, 2.24) is 0 Å². The molecule has 4 aliphatic rings. The summed E-state index contributed by atoms with van der Waals surface area (Å²) in [6.07, 6.45) is 8.42. The van der Waals surface area contributed by atoms with Gasteiger partial charge in [-0.2, -0.15) is 0 Å². The Labute approximate surface area is 457 Å². The van der Waals surface area contributed by atoms with Crippen molar-refractivity contribution >= 4 is 32.3 Å². The van der Waals surface area contributed by atoms with Gasteiger partial charge in [0.05, 0.1) is 16.2 Å². The number of hydrogen-bond donors (Lipinski definition) is 0. The zero-order chi connectivity index (χ0) is 51.9. The highest BCUT2D eigenvalue weighted by Crippen LogP contribution is 2.61. The molecule has 368 valence electrons. The van der Waals surface area contributed by atoms with Crippen molar-refractivity contribution in [3.05, 3.63) is 345 Å². The molecule has 0 aliphatic heterocycles. The van der Waals surface area contributed by atoms with Crippen LogP contribution in [0, 0.1) is 19.8 Å². The zero-order valence-corrected chi connectivity index (χ0v) is 44.2. The SMILES string of the molecule is Cc1ccc(C2(c3ccc4c(c3)c3ccc(C5(C6=CCC(C)C=C6)c6ccccc6-c6ccccc65)cc3c3ccc(C5(c6ccc(C)cc6)c6ccccc6-c6ccccc65)cc34)c3ccccc3-c3ccccc32)cc1. The lowest BCUT2D eigenvalue weighted by Crippen LogP contribution is -2.30. The summed E-state index contributed by atoms with van der Waals surface area (Å²) < 4.78 is 0. The maximum absolute atomic E-state index is 2.60. The van der Waals surface area contributed by atoms with Crippen LogP contribution in [-0.4, -0.2) is 0 Å². The minimum atomic E-state index is -0.552. The van der Waals surface area contributed by atoms with Crippen LogP contribution in [0.5, 0.6) is 0 Å². The molecule has 0 N–H and O–H groups in total. The van der Waals surface area contributed by atoms with Gasteiger partial charge in [-0.15, -0.1) is 0 Å². The van der Waals surface area contributed by atoms with Crippen molar-refractivity contribution in [1.29, 1.82) is 0 Å². The lowest BCUT2D eigenvalue weighted by atomic mass is 9.65. The first-order valence-electron chi connectivity index (χ1n) is 28.0. The second-order valence-electron chi connectivity index (χ2n) is 22.8. The van der Waals surface area contributed by atoms with E-state index in [2.05, 4.69) is 288 Å². The van der Waals surface area contributed by atoms with Gasteiger partial charge in [-0.05, 0) is 177 Å². The van der Waals surface area contributed by atoms with Crippen molar-refractivity contribution in [2.45, 2.75) is 43.4 Å². The Morgan fingerprint density at radius 2 is 0.577 bits per heavy atom. The molecular weight excluding hydrogens is 937 g/mol. The van der Waals surface area contributed by atoms with Gasteiger partial charge >= 0.3 is 0 Å². The van der Waals surface area contributed by atoms with Crippen molar-refractivity contribution < 1.29 is 0 Å². The second kappa shape index (κ2) is 16.7. The molecule has 1 unspecified atom stereocenters. The third kappa shape index (κ3) is 5.90. The highest BCUT2D eigenvalue weighted by atomic mass is 14.5. The molecule has 0 heterocycles. The number of rotatable bonds is 6. The molecule has 0 saturated heterocycles. The van der Waals surface area contributed by atoms with Gasteiger partial charge in [0.15, 0.2) is 0 Å². The van der Waals surface area contributed by atoms with Crippen LogP contribution < -0.4 is 0 Å². The maximum atomic E-state index is 2.60. The van der Waals surface area contributed by atoms with Gasteiger partial charge in [0, 0.05) is 0 Å². The third-order valence-electron chi connectivity index (χ3n) is 18.8. The molecule has 12 aromatic carbocycles. The first-order chi connectivity index (χ1) is 38.4. The van der Waals surface area contributed by atoms with Crippen LogP contribution >= 0.6 is 0 Å². The van der Waals surface area contributed by atoms with Gasteiger partial charge in [-0.3, -0.25) is 0 Å². The fraction of sp³-hybridized carbons (Fsp3) is 0.103. The summed E-state index contributed by atoms with van der Waals surface area (Å²) in [7, 11) is 0. The molecule has 0 heteroatoms. The van der Waals surface area contributed by atoms with Crippen LogP contribution in [0.15, 0.2) is 273 Å². The summed E-state index contributed by atoms with van der Waals surface area (Å²) in [5.74, 6) is 0.483. The molecule has 0 amide bonds. The third-order valence-corrected chi connectivity index (χ3v) is 18.8. The van der Waals surface area contributed by atoms with Gasteiger partial charge in [0.1, 0.15) is 0 Å². The van der Waals surface area contributed by atoms with E-state index >= 15 is 0 Å². The van der Waals surface area contributed by atoms with E-state index in [9.17, 15) is 0 Å². The second-order valence-corrected chi connectivity index (χ2v) is 22.8. The first kappa shape index (κ1) is 45.1. The predicted octanol–water partition coefficient (Wildman–Crippen LogP) is 19.3. The fourth-order valence-electron chi connectivity index (χ4n) is 15.4. The zero-order valence-electron chi connectivity index (χ0n) is 44.2. The monoisotopic (exact) mass is 992 g/mol. The molecule has 0 radical (unpaired) electrons. The molecule has 0 bridgehead atoms. The van der Waals surface area contributed by atoms with Gasteiger partial charge in [0.25, 0.3) is 0 Å². The molecular formula is C78H56. The Bertz CT molecular complexity index is 4240. The van der Waals surface area contributed by atoms with Crippen molar-refractivity contribution in [2.24, 2.45) is 5.92 Å². The van der Waals surface area contributed by atoms with E-state index in [1.807, 2.05) is 0 Å². The molecule has 4 aliphatic carbocycles. The Morgan fingerprint density at radius 1 is 0.295 bits per heavy atom. The van der Waals surface area contributed by atoms with E-state index in [0.29, 0.717) is 5.92 Å². The average Bonchev–Trinajstić information content (AvgIpc) is 3.55. The number of benzene rings is 12. The first-order valence-corrected chi connectivity index (χ1v) is 28.0. The van der Waals surface area contributed by atoms with Gasteiger partial charge in [-0.1, -0.05) is 267 Å². The van der Waals surface area contributed by atoms with Crippen LogP contribution in [0.3, 0.4) is 0 Å². The molecule has 0 nitrogen and oxygen atoms in total. The number of allylic oxidation sites excluding steroid dienone is 4. The lowest BCUT2D eigenvalue weighted by molar-refractivity contribution is 0.691. The standard InChI is InChI=1S/C78H56/c1-49-28-34-52(35-29-49)76(70-22-10-4-16-61(70)62-17-5-11-23-71(62)76)55-40-43-58-67(46-55)59-44-41-56(77(53-36-30-50(2)31-37-53)72-24-12-6-18-63(72)64-19-7-13-25-73(64)77)48-69(59)60-45-42-57(47-68(58)60)78(54-38-32-51(3)33-39-54)74-26-14-8-20-65(74)66-21-9-15-27-75(66)78/h4-32,34-48,51H,33H2,1-3H3. The van der Waals surface area contributed by atoms with E-state index in [1.54, 1.807) is 0 Å². The average molecular weight is 993 g/mol. The van der Waals surface area contributed by atoms with Gasteiger partial charge in [-0.25, -0.2) is 0 Å². The number of aryl methyl sites for hydroxylation is 2. The molecule has 0 spiro atoms. The van der Waals surface area contributed by atoms with Gasteiger partial charge in [0.2, 0.25) is 0 Å². The largest absolute Gasteiger partial charge is 0.0811 e. The van der Waals surface area contributed by atoms with E-state index in [4.69, 9.17) is 0 Å². The summed E-state index contributed by atoms with van der Waals surface area (Å²) >= 11 is 0. The quantitative estimate of drug-likeness (QED) is 0.146. The fourth-order valence-corrected chi connectivity index (χ4v) is 15.4. The molecule has 0 fully saturated rings. The van der Waals surface area contributed by atoms with E-state index in [1.165, 1.54) is 144 Å². The highest BCUT2D eigenvalue weighted by molar-refractivity contribution is 6.26. The number of fused-ring (bicyclic) bond motifs is 15. The summed E-state index contributed by atoms with van der Waals surface area (Å²) in [6.45, 7) is 6.73. The molecule has 0 aromatic heterocycles. The van der Waals surface area contributed by atoms with Crippen LogP contribution in [0.1, 0.15) is 85.7 Å². The Morgan fingerprint density at radius 3 is 0.885 bits per heavy atom. The van der Waals surface area contributed by atoms with Crippen molar-refractivity contribution in [3.8, 4) is 33.4 Å². The van der Waals surface area contributed by atoms with Crippen molar-refractivity contribution in [2.75, 3.05) is 0 Å². The van der Waals surface area contributed by atoms with Crippen LogP contribution in [-0.2, 0) is 16.2 Å². The Hall–Kier alpha value is -9.10. The van der Waals surface area contributed by atoms with Crippen molar-refractivity contribution in [3.63, 3.8) is 0 Å². The van der Waals surface area contributed by atoms with Crippen LogP contribution in [0.2, 0.25) is 0 Å². The molecule has 0 saturated carbocycles. The summed E-state index contributed by atoms with van der Waals surface area (Å²) in [6, 6.07) is 96.3. The highest BCUT2D eigenvalue weighted by Gasteiger charge is 2.49. The normalized spacial score (nSPS) is 16.6. The Balaban J connectivity index is 1.05. The molecule has 12 aromatic rings. The smallest absolute Gasteiger partial charge is 0.0713 e. The Kier molecular flexibility index (Phi) is 9.66. The summed E-state index contributed by atoms with van der Waals surface area (Å²) in [4.78, 5) is 0. The molecule has 78 heavy (non-hydrogen) atoms. The maximum Gasteiger partial charge on any atom is 0.0713 e. The molecule has 16 rings (SSSR count). The topological polar surface area (TPSA) is 0 Å². The van der Waals surface area contributed by atoms with E-state index < -0.39 is 16.2 Å². The predicted molar refractivity (Wildman–Crippen MR) is 326 cm³/mol. The molecule has 1 atom stereocenters. The lowest BCUT2D eigenvalue weighted by Gasteiger charge is -2.36. The van der Waals surface area contributed by atoms with Crippen LogP contribution in [0.25, 0.3) is 65.7 Å². The van der Waals surface area contributed by atoms with E-state index in [-0.39, 0.29) is 0 Å². The summed E-state index contributed by atoms with van der Waals surface area (Å²) in [5.41, 5.74) is 24.5. The number of hydrogen-bond acceptors (Lipinski definition) is 0. The van der Waals surface area contributed by atoms with E-state index in [0.717, 1.165) is 6.42 Å². The minimum absolute atomic E-state index is 0.483.